The lowest BCUT2D eigenvalue weighted by molar-refractivity contribution is 0.0999. The van der Waals surface area contributed by atoms with Gasteiger partial charge in [0.1, 0.15) is 0 Å². The molecule has 1 amide bonds. The Morgan fingerprint density at radius 1 is 0.786 bits per heavy atom. The summed E-state index contributed by atoms with van der Waals surface area (Å²) in [7, 11) is 0. The van der Waals surface area contributed by atoms with E-state index in [1.165, 1.54) is 11.1 Å². The van der Waals surface area contributed by atoms with Crippen molar-refractivity contribution >= 4 is 5.91 Å². The summed E-state index contributed by atoms with van der Waals surface area (Å²) in [5.41, 5.74) is 12.7. The minimum Gasteiger partial charge on any atom is -0.366 e. The molecule has 28 heavy (non-hydrogen) atoms. The van der Waals surface area contributed by atoms with Gasteiger partial charge in [0, 0.05) is 17.9 Å². The normalized spacial score (nSPS) is 10.8. The van der Waals surface area contributed by atoms with Crippen molar-refractivity contribution in [3.8, 4) is 22.4 Å². The topological polar surface area (TPSA) is 48.0 Å². The van der Waals surface area contributed by atoms with E-state index >= 15 is 0 Å². The fraction of sp³-hybridized carbons (Fsp3) is 0.0800. The van der Waals surface area contributed by atoms with Crippen molar-refractivity contribution in [2.75, 3.05) is 0 Å². The molecule has 0 fully saturated rings. The summed E-state index contributed by atoms with van der Waals surface area (Å²) in [6, 6.07) is 30.9. The summed E-state index contributed by atoms with van der Waals surface area (Å²) < 4.78 is 2.16. The van der Waals surface area contributed by atoms with Gasteiger partial charge in [-0.15, -0.1) is 0 Å². The molecule has 0 aliphatic heterocycles. The van der Waals surface area contributed by atoms with Gasteiger partial charge in [-0.3, -0.25) is 4.79 Å². The SMILES string of the molecule is Cc1c(C(N)=O)cc(-c2ccc(-c3ccccc3)cc2)n1Cc1ccccc1. The Morgan fingerprint density at radius 2 is 1.32 bits per heavy atom. The number of amides is 1. The summed E-state index contributed by atoms with van der Waals surface area (Å²) >= 11 is 0. The van der Waals surface area contributed by atoms with E-state index in [0.29, 0.717) is 12.1 Å². The molecule has 0 atom stereocenters. The van der Waals surface area contributed by atoms with E-state index in [2.05, 4.69) is 53.1 Å². The van der Waals surface area contributed by atoms with E-state index in [-0.39, 0.29) is 0 Å². The number of carbonyl (C=O) groups excluding carboxylic acids is 1. The highest BCUT2D eigenvalue weighted by molar-refractivity contribution is 5.95. The molecule has 0 spiro atoms. The first-order chi connectivity index (χ1) is 13.6. The van der Waals surface area contributed by atoms with Gasteiger partial charge in [0.05, 0.1) is 5.56 Å². The Kier molecular flexibility index (Phi) is 4.81. The molecule has 0 bridgehead atoms. The predicted molar refractivity (Wildman–Crippen MR) is 114 cm³/mol. The second-order valence-corrected chi connectivity index (χ2v) is 6.91. The van der Waals surface area contributed by atoms with Crippen molar-refractivity contribution < 1.29 is 4.79 Å². The summed E-state index contributed by atoms with van der Waals surface area (Å²) in [6.45, 7) is 2.64. The molecule has 4 aromatic rings. The Labute approximate surface area is 165 Å². The van der Waals surface area contributed by atoms with Crippen LogP contribution in [-0.2, 0) is 6.54 Å². The number of hydrogen-bond acceptors (Lipinski definition) is 1. The molecule has 0 aliphatic carbocycles. The molecular weight excluding hydrogens is 344 g/mol. The average molecular weight is 366 g/mol. The number of nitrogens with zero attached hydrogens (tertiary/aromatic N) is 1. The lowest BCUT2D eigenvalue weighted by Gasteiger charge is -2.13. The maximum atomic E-state index is 11.9. The number of primary amides is 1. The molecule has 138 valence electrons. The first-order valence-corrected chi connectivity index (χ1v) is 9.33. The van der Waals surface area contributed by atoms with Gasteiger partial charge >= 0.3 is 0 Å². The molecule has 1 aromatic heterocycles. The maximum absolute atomic E-state index is 11.9. The molecule has 4 rings (SSSR count). The van der Waals surface area contributed by atoms with Crippen LogP contribution in [0.4, 0.5) is 0 Å². The van der Waals surface area contributed by atoms with Crippen molar-refractivity contribution in [1.29, 1.82) is 0 Å². The number of hydrogen-bond donors (Lipinski definition) is 1. The zero-order chi connectivity index (χ0) is 19.5. The Balaban J connectivity index is 1.76. The molecule has 1 heterocycles. The van der Waals surface area contributed by atoms with Crippen LogP contribution in [0.1, 0.15) is 21.6 Å². The van der Waals surface area contributed by atoms with Crippen molar-refractivity contribution in [2.24, 2.45) is 5.73 Å². The molecule has 3 aromatic carbocycles. The third kappa shape index (κ3) is 3.47. The Bertz CT molecular complexity index is 1090. The number of carbonyl (C=O) groups is 1. The van der Waals surface area contributed by atoms with Gasteiger partial charge in [-0.25, -0.2) is 0 Å². The standard InChI is InChI=1S/C25H22N2O/c1-18-23(25(26)28)16-24(27(18)17-19-8-4-2-5-9-19)22-14-12-21(13-15-22)20-10-6-3-7-11-20/h2-16H,17H2,1H3,(H2,26,28). The largest absolute Gasteiger partial charge is 0.366 e. The van der Waals surface area contributed by atoms with Crippen LogP contribution in [0.5, 0.6) is 0 Å². The fourth-order valence-electron chi connectivity index (χ4n) is 3.57. The number of rotatable bonds is 5. The van der Waals surface area contributed by atoms with Crippen LogP contribution in [0.25, 0.3) is 22.4 Å². The molecule has 0 saturated heterocycles. The third-order valence-electron chi connectivity index (χ3n) is 5.10. The summed E-state index contributed by atoms with van der Waals surface area (Å²) in [5, 5.41) is 0. The predicted octanol–water partition coefficient (Wildman–Crippen LogP) is 5.28. The second-order valence-electron chi connectivity index (χ2n) is 6.91. The van der Waals surface area contributed by atoms with Gasteiger partial charge in [0.2, 0.25) is 0 Å². The quantitative estimate of drug-likeness (QED) is 0.513. The second kappa shape index (κ2) is 7.57. The van der Waals surface area contributed by atoms with Crippen LogP contribution < -0.4 is 5.73 Å². The monoisotopic (exact) mass is 366 g/mol. The van der Waals surface area contributed by atoms with E-state index in [9.17, 15) is 4.79 Å². The Hall–Kier alpha value is -3.59. The van der Waals surface area contributed by atoms with Crippen LogP contribution >= 0.6 is 0 Å². The Morgan fingerprint density at radius 3 is 1.93 bits per heavy atom. The van der Waals surface area contributed by atoms with Crippen molar-refractivity contribution in [3.05, 3.63) is 108 Å². The highest BCUT2D eigenvalue weighted by Gasteiger charge is 2.17. The molecular formula is C25H22N2O. The van der Waals surface area contributed by atoms with E-state index in [1.807, 2.05) is 49.4 Å². The molecule has 0 aliphatic rings. The zero-order valence-electron chi connectivity index (χ0n) is 15.8. The van der Waals surface area contributed by atoms with E-state index < -0.39 is 5.91 Å². The van der Waals surface area contributed by atoms with Gasteiger partial charge < -0.3 is 10.3 Å². The average Bonchev–Trinajstić information content (AvgIpc) is 3.06. The molecule has 2 N–H and O–H groups in total. The third-order valence-corrected chi connectivity index (χ3v) is 5.10. The fourth-order valence-corrected chi connectivity index (χ4v) is 3.57. The number of nitrogens with two attached hydrogens (primary N) is 1. The van der Waals surface area contributed by atoms with E-state index in [1.54, 1.807) is 0 Å². The van der Waals surface area contributed by atoms with Gasteiger partial charge in [-0.1, -0.05) is 84.9 Å². The highest BCUT2D eigenvalue weighted by atomic mass is 16.1. The van der Waals surface area contributed by atoms with Crippen molar-refractivity contribution in [1.82, 2.24) is 4.57 Å². The van der Waals surface area contributed by atoms with E-state index in [4.69, 9.17) is 5.73 Å². The minimum atomic E-state index is -0.397. The van der Waals surface area contributed by atoms with Crippen LogP contribution in [-0.4, -0.2) is 10.5 Å². The highest BCUT2D eigenvalue weighted by Crippen LogP contribution is 2.29. The summed E-state index contributed by atoms with van der Waals surface area (Å²) in [5.74, 6) is -0.397. The molecule has 3 nitrogen and oxygen atoms in total. The van der Waals surface area contributed by atoms with Gasteiger partial charge in [0.15, 0.2) is 0 Å². The van der Waals surface area contributed by atoms with Crippen molar-refractivity contribution in [2.45, 2.75) is 13.5 Å². The number of aromatic nitrogens is 1. The molecule has 0 unspecified atom stereocenters. The van der Waals surface area contributed by atoms with Gasteiger partial charge in [0.25, 0.3) is 5.91 Å². The van der Waals surface area contributed by atoms with Gasteiger partial charge in [-0.2, -0.15) is 0 Å². The zero-order valence-corrected chi connectivity index (χ0v) is 15.8. The van der Waals surface area contributed by atoms with E-state index in [0.717, 1.165) is 22.5 Å². The lowest BCUT2D eigenvalue weighted by atomic mass is 10.0. The maximum Gasteiger partial charge on any atom is 0.250 e. The molecule has 0 radical (unpaired) electrons. The first-order valence-electron chi connectivity index (χ1n) is 9.33. The number of benzene rings is 3. The summed E-state index contributed by atoms with van der Waals surface area (Å²) in [4.78, 5) is 11.9. The first kappa shape index (κ1) is 17.8. The van der Waals surface area contributed by atoms with Crippen LogP contribution in [0.15, 0.2) is 91.0 Å². The minimum absolute atomic E-state index is 0.397. The van der Waals surface area contributed by atoms with Crippen molar-refractivity contribution in [3.63, 3.8) is 0 Å². The van der Waals surface area contributed by atoms with Crippen LogP contribution in [0, 0.1) is 6.92 Å². The smallest absolute Gasteiger partial charge is 0.250 e. The van der Waals surface area contributed by atoms with Gasteiger partial charge in [-0.05, 0) is 35.2 Å². The summed E-state index contributed by atoms with van der Waals surface area (Å²) in [6.07, 6.45) is 0. The molecule has 3 heteroatoms. The molecule has 0 saturated carbocycles. The van der Waals surface area contributed by atoms with Crippen LogP contribution in [0.2, 0.25) is 0 Å². The van der Waals surface area contributed by atoms with Crippen LogP contribution in [0.3, 0.4) is 0 Å². The lowest BCUT2D eigenvalue weighted by Crippen LogP contribution is -2.12.